The Kier molecular flexibility index (Phi) is 5.02. The fourth-order valence-corrected chi connectivity index (χ4v) is 3.05. The first-order valence-corrected chi connectivity index (χ1v) is 7.21. The van der Waals surface area contributed by atoms with Gasteiger partial charge in [-0.05, 0) is 17.7 Å². The summed E-state index contributed by atoms with van der Waals surface area (Å²) in [7, 11) is 1.58. The molecule has 1 heterocycles. The zero-order valence-electron chi connectivity index (χ0n) is 10.1. The first-order valence-electron chi connectivity index (χ1n) is 5.54. The van der Waals surface area contributed by atoms with Crippen LogP contribution in [0.25, 0.3) is 0 Å². The molecule has 0 saturated carbocycles. The minimum absolute atomic E-state index is 0.0527. The summed E-state index contributed by atoms with van der Waals surface area (Å²) in [6, 6.07) is 7.26. The zero-order valence-corrected chi connectivity index (χ0v) is 13.2. The lowest BCUT2D eigenvalue weighted by molar-refractivity contribution is 0.396. The number of benzene rings is 1. The molecule has 0 bridgehead atoms. The third-order valence-corrected chi connectivity index (χ3v) is 3.98. The van der Waals surface area contributed by atoms with E-state index >= 15 is 0 Å². The molecule has 3 nitrogen and oxygen atoms in total. The second-order valence-corrected chi connectivity index (χ2v) is 5.84. The molecule has 0 spiro atoms. The van der Waals surface area contributed by atoms with Crippen molar-refractivity contribution in [2.24, 2.45) is 0 Å². The number of ether oxygens (including phenoxy) is 1. The predicted molar refractivity (Wildman–Crippen MR) is 80.4 cm³/mol. The van der Waals surface area contributed by atoms with Gasteiger partial charge < -0.3 is 4.74 Å². The molecule has 1 aromatic heterocycles. The van der Waals surface area contributed by atoms with E-state index in [0.29, 0.717) is 22.3 Å². The Bertz CT molecular complexity index is 580. The van der Waals surface area contributed by atoms with Crippen LogP contribution in [0.3, 0.4) is 0 Å². The van der Waals surface area contributed by atoms with E-state index in [4.69, 9.17) is 27.9 Å². The number of aromatic nitrogens is 2. The summed E-state index contributed by atoms with van der Waals surface area (Å²) in [5, 5.41) is 1.26. The van der Waals surface area contributed by atoms with Gasteiger partial charge in [-0.3, -0.25) is 0 Å². The number of halogens is 3. The molecule has 19 heavy (non-hydrogen) atoms. The summed E-state index contributed by atoms with van der Waals surface area (Å²) in [5.41, 5.74) is 1.85. The van der Waals surface area contributed by atoms with E-state index in [2.05, 4.69) is 25.9 Å². The fourth-order valence-electron chi connectivity index (χ4n) is 1.65. The molecule has 6 heteroatoms. The maximum Gasteiger partial charge on any atom is 0.216 e. The van der Waals surface area contributed by atoms with Crippen LogP contribution in [0, 0.1) is 0 Å². The van der Waals surface area contributed by atoms with E-state index in [1.165, 1.54) is 6.33 Å². The molecule has 2 aromatic rings. The second kappa shape index (κ2) is 6.55. The highest BCUT2D eigenvalue weighted by Crippen LogP contribution is 2.33. The Labute approximate surface area is 130 Å². The first-order chi connectivity index (χ1) is 9.10. The Morgan fingerprint density at radius 3 is 2.74 bits per heavy atom. The van der Waals surface area contributed by atoms with Gasteiger partial charge in [0.1, 0.15) is 6.33 Å². The van der Waals surface area contributed by atoms with Gasteiger partial charge in [0.2, 0.25) is 5.88 Å². The van der Waals surface area contributed by atoms with Crippen LogP contribution in [-0.2, 0) is 6.42 Å². The van der Waals surface area contributed by atoms with E-state index in [1.807, 2.05) is 12.1 Å². The number of methoxy groups -OCH3 is 1. The van der Waals surface area contributed by atoms with Crippen molar-refractivity contribution in [2.45, 2.75) is 11.2 Å². The molecule has 0 N–H and O–H groups in total. The molecule has 0 amide bonds. The van der Waals surface area contributed by atoms with Crippen molar-refractivity contribution < 1.29 is 4.74 Å². The van der Waals surface area contributed by atoms with Crippen molar-refractivity contribution in [1.82, 2.24) is 9.97 Å². The Hall–Kier alpha value is -0.840. The summed E-state index contributed by atoms with van der Waals surface area (Å²) < 4.78 is 5.07. The maximum absolute atomic E-state index is 6.18. The third-order valence-electron chi connectivity index (χ3n) is 2.60. The topological polar surface area (TPSA) is 35.0 Å². The second-order valence-electron chi connectivity index (χ2n) is 3.89. The van der Waals surface area contributed by atoms with E-state index in [0.717, 1.165) is 11.3 Å². The quantitative estimate of drug-likeness (QED) is 0.753. The summed E-state index contributed by atoms with van der Waals surface area (Å²) in [4.78, 5) is 8.24. The van der Waals surface area contributed by atoms with Crippen molar-refractivity contribution in [1.29, 1.82) is 0 Å². The van der Waals surface area contributed by atoms with Gasteiger partial charge in [0.15, 0.2) is 0 Å². The van der Waals surface area contributed by atoms with Gasteiger partial charge in [0, 0.05) is 33.1 Å². The number of rotatable bonds is 4. The van der Waals surface area contributed by atoms with Gasteiger partial charge in [0.25, 0.3) is 0 Å². The standard InChI is InChI=1S/C13H11BrCl2N2O/c1-19-13-6-9(17-7-18-13)5-11(14)10-3-2-8(15)4-12(10)16/h2-4,6-7,11H,5H2,1H3. The molecule has 0 fully saturated rings. The van der Waals surface area contributed by atoms with Gasteiger partial charge in [0.05, 0.1) is 7.11 Å². The number of nitrogens with zero attached hydrogens (tertiary/aromatic N) is 2. The highest BCUT2D eigenvalue weighted by molar-refractivity contribution is 9.09. The minimum Gasteiger partial charge on any atom is -0.481 e. The molecule has 0 aliphatic carbocycles. The lowest BCUT2D eigenvalue weighted by Gasteiger charge is -2.12. The maximum atomic E-state index is 6.18. The summed E-state index contributed by atoms with van der Waals surface area (Å²) in [5.74, 6) is 0.548. The average Bonchev–Trinajstić information content (AvgIpc) is 2.38. The molecule has 1 unspecified atom stereocenters. The third kappa shape index (κ3) is 3.81. The van der Waals surface area contributed by atoms with Crippen LogP contribution in [-0.4, -0.2) is 17.1 Å². The molecular weight excluding hydrogens is 351 g/mol. The van der Waals surface area contributed by atoms with Crippen LogP contribution < -0.4 is 4.74 Å². The normalized spacial score (nSPS) is 12.2. The van der Waals surface area contributed by atoms with Crippen LogP contribution in [0.15, 0.2) is 30.6 Å². The highest BCUT2D eigenvalue weighted by Gasteiger charge is 2.14. The van der Waals surface area contributed by atoms with Crippen LogP contribution in [0.1, 0.15) is 16.1 Å². The van der Waals surface area contributed by atoms with Crippen molar-refractivity contribution in [3.8, 4) is 5.88 Å². The Balaban J connectivity index is 2.17. The van der Waals surface area contributed by atoms with Gasteiger partial charge in [-0.2, -0.15) is 0 Å². The molecule has 0 saturated heterocycles. The monoisotopic (exact) mass is 360 g/mol. The zero-order chi connectivity index (χ0) is 13.8. The first kappa shape index (κ1) is 14.6. The molecule has 100 valence electrons. The highest BCUT2D eigenvalue weighted by atomic mass is 79.9. The summed E-state index contributed by atoms with van der Waals surface area (Å²) in [6.45, 7) is 0. The molecule has 1 aromatic carbocycles. The largest absolute Gasteiger partial charge is 0.481 e. The summed E-state index contributed by atoms with van der Waals surface area (Å²) >= 11 is 15.7. The minimum atomic E-state index is 0.0527. The van der Waals surface area contributed by atoms with E-state index < -0.39 is 0 Å². The molecule has 0 aliphatic heterocycles. The van der Waals surface area contributed by atoms with Gasteiger partial charge >= 0.3 is 0 Å². The molecular formula is C13H11BrCl2N2O. The number of hydrogen-bond acceptors (Lipinski definition) is 3. The van der Waals surface area contributed by atoms with E-state index in [1.54, 1.807) is 19.2 Å². The van der Waals surface area contributed by atoms with Crippen molar-refractivity contribution in [2.75, 3.05) is 7.11 Å². The van der Waals surface area contributed by atoms with Crippen molar-refractivity contribution in [3.63, 3.8) is 0 Å². The van der Waals surface area contributed by atoms with Gasteiger partial charge in [-0.25, -0.2) is 9.97 Å². The van der Waals surface area contributed by atoms with Crippen LogP contribution >= 0.6 is 39.1 Å². The van der Waals surface area contributed by atoms with E-state index in [9.17, 15) is 0 Å². The van der Waals surface area contributed by atoms with E-state index in [-0.39, 0.29) is 4.83 Å². The number of hydrogen-bond donors (Lipinski definition) is 0. The van der Waals surface area contributed by atoms with Gasteiger partial charge in [-0.15, -0.1) is 0 Å². The lowest BCUT2D eigenvalue weighted by Crippen LogP contribution is -2.00. The molecule has 2 rings (SSSR count). The van der Waals surface area contributed by atoms with Crippen LogP contribution in [0.5, 0.6) is 5.88 Å². The number of alkyl halides is 1. The molecule has 1 atom stereocenters. The fraction of sp³-hybridized carbons (Fsp3) is 0.231. The van der Waals surface area contributed by atoms with Crippen LogP contribution in [0.4, 0.5) is 0 Å². The molecule has 0 aliphatic rings. The summed E-state index contributed by atoms with van der Waals surface area (Å²) in [6.07, 6.45) is 2.16. The Morgan fingerprint density at radius 2 is 2.05 bits per heavy atom. The average molecular weight is 362 g/mol. The van der Waals surface area contributed by atoms with Gasteiger partial charge in [-0.1, -0.05) is 45.2 Å². The lowest BCUT2D eigenvalue weighted by atomic mass is 10.1. The van der Waals surface area contributed by atoms with Crippen molar-refractivity contribution in [3.05, 3.63) is 51.9 Å². The SMILES string of the molecule is COc1cc(CC(Br)c2ccc(Cl)cc2Cl)ncn1. The molecule has 0 radical (unpaired) electrons. The van der Waals surface area contributed by atoms with Crippen molar-refractivity contribution >= 4 is 39.1 Å². The smallest absolute Gasteiger partial charge is 0.216 e. The Morgan fingerprint density at radius 1 is 1.26 bits per heavy atom. The predicted octanol–water partition coefficient (Wildman–Crippen LogP) is 4.47. The van der Waals surface area contributed by atoms with Crippen LogP contribution in [0.2, 0.25) is 10.0 Å².